The maximum Gasteiger partial charge on any atom is 0.130 e. The molecule has 0 heterocycles. The fourth-order valence-electron chi connectivity index (χ4n) is 4.45. The van der Waals surface area contributed by atoms with Gasteiger partial charge in [-0.25, -0.2) is 4.39 Å². The van der Waals surface area contributed by atoms with Crippen LogP contribution in [0.2, 0.25) is 0 Å². The molecule has 3 atom stereocenters. The summed E-state index contributed by atoms with van der Waals surface area (Å²) >= 11 is 0. The molecule has 1 saturated carbocycles. The second-order valence-electron chi connectivity index (χ2n) is 8.90. The topological polar surface area (TPSA) is 58.9 Å². The zero-order valence-corrected chi connectivity index (χ0v) is 19.9. The lowest BCUT2D eigenvalue weighted by atomic mass is 9.81. The minimum Gasteiger partial charge on any atom is -0.457 e. The summed E-state index contributed by atoms with van der Waals surface area (Å²) in [4.78, 5) is 0. The average molecular weight is 447 g/mol. The van der Waals surface area contributed by atoms with E-state index in [1.807, 2.05) is 50.2 Å². The number of ether oxygens (including phenoxy) is 2. The minimum atomic E-state index is -0.658. The van der Waals surface area contributed by atoms with Crippen molar-refractivity contribution in [2.75, 3.05) is 6.61 Å². The molecule has 2 aromatic rings. The fourth-order valence-corrected chi connectivity index (χ4v) is 4.45. The van der Waals surface area contributed by atoms with Crippen LogP contribution in [0.5, 0.6) is 11.5 Å². The SMILES string of the molecule is CC.CCC1(OCc2cc(F)cc(Oc3ccccc3)c2)CCC(C)(CCC(O)CO)C1. The summed E-state index contributed by atoms with van der Waals surface area (Å²) in [5.74, 6) is 0.776. The first-order valence-electron chi connectivity index (χ1n) is 11.8. The standard InChI is InChI=1S/C25H33FO4.C2H6/c1-3-25(12-11-24(2,18-25)10-9-21(28)16-27)29-17-19-13-20(26)15-23(14-19)30-22-7-5-4-6-8-22;1-2/h4-8,13-15,21,27-28H,3,9-12,16-18H2,1-2H3;1-2H3. The van der Waals surface area contributed by atoms with Gasteiger partial charge in [-0.05, 0) is 73.8 Å². The second kappa shape index (κ2) is 12.3. The molecule has 0 amide bonds. The third kappa shape index (κ3) is 7.58. The van der Waals surface area contributed by atoms with E-state index in [9.17, 15) is 9.50 Å². The summed E-state index contributed by atoms with van der Waals surface area (Å²) < 4.78 is 26.3. The molecule has 3 rings (SSSR count). The van der Waals surface area contributed by atoms with Crippen LogP contribution < -0.4 is 4.74 Å². The Morgan fingerprint density at radius 1 is 1.06 bits per heavy atom. The zero-order chi connectivity index (χ0) is 23.6. The molecule has 1 fully saturated rings. The normalized spacial score (nSPS) is 23.3. The van der Waals surface area contributed by atoms with Crippen LogP contribution in [0.4, 0.5) is 4.39 Å². The van der Waals surface area contributed by atoms with Gasteiger partial charge < -0.3 is 19.7 Å². The molecule has 4 nitrogen and oxygen atoms in total. The second-order valence-corrected chi connectivity index (χ2v) is 8.90. The summed E-state index contributed by atoms with van der Waals surface area (Å²) in [7, 11) is 0. The maximum absolute atomic E-state index is 14.2. The Morgan fingerprint density at radius 3 is 2.44 bits per heavy atom. The number of hydrogen-bond donors (Lipinski definition) is 2. The van der Waals surface area contributed by atoms with E-state index in [1.54, 1.807) is 0 Å². The number of benzene rings is 2. The minimum absolute atomic E-state index is 0.0790. The fraction of sp³-hybridized carbons (Fsp3) is 0.556. The molecule has 5 heteroatoms. The summed E-state index contributed by atoms with van der Waals surface area (Å²) in [5, 5.41) is 18.8. The lowest BCUT2D eigenvalue weighted by Crippen LogP contribution is -2.30. The van der Waals surface area contributed by atoms with Gasteiger partial charge in [0.25, 0.3) is 0 Å². The highest BCUT2D eigenvalue weighted by atomic mass is 19.1. The predicted molar refractivity (Wildman–Crippen MR) is 126 cm³/mol. The molecule has 0 spiro atoms. The van der Waals surface area contributed by atoms with Crippen molar-refractivity contribution in [3.8, 4) is 11.5 Å². The van der Waals surface area contributed by atoms with Gasteiger partial charge in [0.1, 0.15) is 17.3 Å². The molecule has 2 aromatic carbocycles. The highest BCUT2D eigenvalue weighted by Crippen LogP contribution is 2.50. The number of rotatable bonds is 10. The summed E-state index contributed by atoms with van der Waals surface area (Å²) in [6.45, 7) is 8.49. The number of hydrogen-bond acceptors (Lipinski definition) is 4. The lowest BCUT2D eigenvalue weighted by Gasteiger charge is -2.32. The van der Waals surface area contributed by atoms with Crippen molar-refractivity contribution in [2.45, 2.75) is 84.5 Å². The molecule has 3 unspecified atom stereocenters. The van der Waals surface area contributed by atoms with Crippen LogP contribution in [0.25, 0.3) is 0 Å². The number of halogens is 1. The molecule has 0 bridgehead atoms. The molecule has 1 aliphatic carbocycles. The average Bonchev–Trinajstić information content (AvgIpc) is 3.15. The van der Waals surface area contributed by atoms with Crippen molar-refractivity contribution in [1.29, 1.82) is 0 Å². The van der Waals surface area contributed by atoms with Crippen LogP contribution in [0, 0.1) is 11.2 Å². The molecule has 0 radical (unpaired) electrons. The summed E-state index contributed by atoms with van der Waals surface area (Å²) in [6.07, 6.45) is 4.54. The van der Waals surface area contributed by atoms with Gasteiger partial charge in [-0.1, -0.05) is 45.9 Å². The molecular weight excluding hydrogens is 407 g/mol. The van der Waals surface area contributed by atoms with E-state index in [2.05, 4.69) is 13.8 Å². The lowest BCUT2D eigenvalue weighted by molar-refractivity contribution is -0.0624. The van der Waals surface area contributed by atoms with Crippen molar-refractivity contribution in [3.63, 3.8) is 0 Å². The zero-order valence-electron chi connectivity index (χ0n) is 19.9. The molecule has 1 aliphatic rings. The first-order chi connectivity index (χ1) is 15.4. The first-order valence-corrected chi connectivity index (χ1v) is 11.8. The van der Waals surface area contributed by atoms with E-state index in [0.29, 0.717) is 24.5 Å². The van der Waals surface area contributed by atoms with Crippen LogP contribution in [0.15, 0.2) is 48.5 Å². The van der Waals surface area contributed by atoms with E-state index in [4.69, 9.17) is 14.6 Å². The van der Waals surface area contributed by atoms with Crippen LogP contribution in [0.1, 0.15) is 71.8 Å². The largest absolute Gasteiger partial charge is 0.457 e. The molecule has 0 aliphatic heterocycles. The first kappa shape index (κ1) is 26.3. The molecular formula is C27H39FO4. The maximum atomic E-state index is 14.2. The highest BCUT2D eigenvalue weighted by molar-refractivity contribution is 5.34. The van der Waals surface area contributed by atoms with Gasteiger partial charge in [-0.15, -0.1) is 0 Å². The van der Waals surface area contributed by atoms with Crippen LogP contribution in [0.3, 0.4) is 0 Å². The van der Waals surface area contributed by atoms with Crippen LogP contribution >= 0.6 is 0 Å². The molecule has 32 heavy (non-hydrogen) atoms. The Labute approximate surface area is 192 Å². The molecule has 178 valence electrons. The predicted octanol–water partition coefficient (Wildman–Crippen LogP) is 6.63. The van der Waals surface area contributed by atoms with Gasteiger partial charge >= 0.3 is 0 Å². The van der Waals surface area contributed by atoms with Gasteiger partial charge in [0.05, 0.1) is 24.9 Å². The van der Waals surface area contributed by atoms with Crippen molar-refractivity contribution in [2.24, 2.45) is 5.41 Å². The molecule has 0 saturated heterocycles. The van der Waals surface area contributed by atoms with E-state index >= 15 is 0 Å². The van der Waals surface area contributed by atoms with Crippen molar-refractivity contribution < 1.29 is 24.1 Å². The van der Waals surface area contributed by atoms with Gasteiger partial charge in [0, 0.05) is 6.07 Å². The monoisotopic (exact) mass is 446 g/mol. The van der Waals surface area contributed by atoms with E-state index in [-0.39, 0.29) is 23.4 Å². The molecule has 0 aromatic heterocycles. The van der Waals surface area contributed by atoms with E-state index in [1.165, 1.54) is 12.1 Å². The van der Waals surface area contributed by atoms with Crippen molar-refractivity contribution >= 4 is 0 Å². The third-order valence-electron chi connectivity index (χ3n) is 6.32. The van der Waals surface area contributed by atoms with Gasteiger partial charge in [0.15, 0.2) is 0 Å². The van der Waals surface area contributed by atoms with Gasteiger partial charge in [-0.2, -0.15) is 0 Å². The van der Waals surface area contributed by atoms with E-state index in [0.717, 1.165) is 37.7 Å². The van der Waals surface area contributed by atoms with Crippen molar-refractivity contribution in [1.82, 2.24) is 0 Å². The molecule has 2 N–H and O–H groups in total. The highest BCUT2D eigenvalue weighted by Gasteiger charge is 2.45. The Morgan fingerprint density at radius 2 is 1.78 bits per heavy atom. The van der Waals surface area contributed by atoms with Gasteiger partial charge in [-0.3, -0.25) is 0 Å². The Balaban J connectivity index is 0.00000176. The smallest absolute Gasteiger partial charge is 0.130 e. The number of aliphatic hydroxyl groups is 2. The Hall–Kier alpha value is -1.95. The van der Waals surface area contributed by atoms with Crippen molar-refractivity contribution in [3.05, 3.63) is 59.9 Å². The third-order valence-corrected chi connectivity index (χ3v) is 6.32. The number of aliphatic hydroxyl groups excluding tert-OH is 2. The van der Waals surface area contributed by atoms with Gasteiger partial charge in [0.2, 0.25) is 0 Å². The number of para-hydroxylation sites is 1. The van der Waals surface area contributed by atoms with E-state index < -0.39 is 6.10 Å². The summed E-state index contributed by atoms with van der Waals surface area (Å²) in [6, 6.07) is 14.0. The Bertz CT molecular complexity index is 813. The van der Waals surface area contributed by atoms with Crippen LogP contribution in [-0.2, 0) is 11.3 Å². The summed E-state index contributed by atoms with van der Waals surface area (Å²) in [5.41, 5.74) is 0.583. The quantitative estimate of drug-likeness (QED) is 0.430. The van der Waals surface area contributed by atoms with Crippen LogP contribution in [-0.4, -0.2) is 28.5 Å². The Kier molecular flexibility index (Phi) is 10.1.